The van der Waals surface area contributed by atoms with Crippen molar-refractivity contribution in [3.63, 3.8) is 0 Å². The van der Waals surface area contributed by atoms with Crippen LogP contribution in [0.15, 0.2) is 18.2 Å². The van der Waals surface area contributed by atoms with Crippen LogP contribution in [0, 0.1) is 6.92 Å². The molecule has 0 spiro atoms. The van der Waals surface area contributed by atoms with Crippen molar-refractivity contribution in [3.05, 3.63) is 23.8 Å². The lowest BCUT2D eigenvalue weighted by Crippen LogP contribution is -2.48. The summed E-state index contributed by atoms with van der Waals surface area (Å²) >= 11 is 0. The molecule has 1 N–H and O–H groups in total. The molecule has 0 aliphatic carbocycles. The number of carbonyl (C=O) groups excluding carboxylic acids is 2. The Kier molecular flexibility index (Phi) is 6.83. The summed E-state index contributed by atoms with van der Waals surface area (Å²) in [4.78, 5) is 28.6. The zero-order valence-electron chi connectivity index (χ0n) is 16.2. The molecule has 1 unspecified atom stereocenters. The average Bonchev–Trinajstić information content (AvgIpc) is 2.94. The van der Waals surface area contributed by atoms with E-state index in [9.17, 15) is 18.0 Å². The van der Waals surface area contributed by atoms with Gasteiger partial charge in [-0.25, -0.2) is 8.42 Å². The van der Waals surface area contributed by atoms with Crippen LogP contribution in [0.2, 0.25) is 0 Å². The van der Waals surface area contributed by atoms with Crippen LogP contribution < -0.4 is 10.1 Å². The van der Waals surface area contributed by atoms with Crippen molar-refractivity contribution in [2.45, 2.75) is 19.4 Å². The van der Waals surface area contributed by atoms with Gasteiger partial charge in [-0.15, -0.1) is 0 Å². The van der Waals surface area contributed by atoms with E-state index in [1.165, 1.54) is 12.0 Å². The number of likely N-dealkylation sites (N-methyl/N-ethyl adjacent to an activating group) is 1. The van der Waals surface area contributed by atoms with Gasteiger partial charge < -0.3 is 19.9 Å². The minimum Gasteiger partial charge on any atom is -0.495 e. The molecule has 27 heavy (non-hydrogen) atoms. The Hall–Kier alpha value is -2.13. The Morgan fingerprint density at radius 1 is 1.26 bits per heavy atom. The Bertz CT molecular complexity index is 807. The predicted octanol–water partition coefficient (Wildman–Crippen LogP) is 0.519. The normalized spacial score (nSPS) is 18.3. The van der Waals surface area contributed by atoms with Crippen molar-refractivity contribution in [2.24, 2.45) is 0 Å². The third-order valence-electron chi connectivity index (χ3n) is 4.50. The van der Waals surface area contributed by atoms with Crippen LogP contribution in [0.1, 0.15) is 12.0 Å². The predicted molar refractivity (Wildman–Crippen MR) is 104 cm³/mol. The quantitative estimate of drug-likeness (QED) is 0.703. The summed E-state index contributed by atoms with van der Waals surface area (Å²) in [6.45, 7) is 2.68. The van der Waals surface area contributed by atoms with E-state index in [1.807, 2.05) is 32.0 Å². The number of methoxy groups -OCH3 is 1. The van der Waals surface area contributed by atoms with Gasteiger partial charge in [-0.1, -0.05) is 6.07 Å². The van der Waals surface area contributed by atoms with E-state index in [4.69, 9.17) is 4.74 Å². The standard InChI is InChI=1S/C18H27N3O5S/c1-13-5-6-16(26-4)15(11-13)19-17(22)18(23)21(9-8-20(2)3)14-7-10-27(24,25)12-14/h5-6,11,14H,7-10,12H2,1-4H3,(H,19,22). The molecule has 1 aliphatic heterocycles. The van der Waals surface area contributed by atoms with Crippen molar-refractivity contribution >= 4 is 27.3 Å². The summed E-state index contributed by atoms with van der Waals surface area (Å²) in [6, 6.07) is 4.78. The first-order chi connectivity index (χ1) is 12.6. The molecule has 0 bridgehead atoms. The number of benzene rings is 1. The molecule has 1 aliphatic rings. The Balaban J connectivity index is 2.18. The van der Waals surface area contributed by atoms with E-state index in [1.54, 1.807) is 12.1 Å². The number of rotatable bonds is 6. The van der Waals surface area contributed by atoms with Gasteiger partial charge in [-0.3, -0.25) is 9.59 Å². The monoisotopic (exact) mass is 397 g/mol. The molecule has 1 aromatic rings. The van der Waals surface area contributed by atoms with Crippen LogP contribution in [0.4, 0.5) is 5.69 Å². The maximum atomic E-state index is 12.8. The molecule has 0 saturated carbocycles. The molecule has 8 nitrogen and oxygen atoms in total. The van der Waals surface area contributed by atoms with Gasteiger partial charge in [0.25, 0.3) is 0 Å². The smallest absolute Gasteiger partial charge is 0.314 e. The lowest BCUT2D eigenvalue weighted by Gasteiger charge is -2.29. The number of hydrogen-bond acceptors (Lipinski definition) is 6. The molecule has 0 aromatic heterocycles. The first kappa shape index (κ1) is 21.2. The van der Waals surface area contributed by atoms with E-state index in [0.717, 1.165) is 5.56 Å². The van der Waals surface area contributed by atoms with Gasteiger partial charge in [0.1, 0.15) is 5.75 Å². The number of amides is 2. The number of carbonyl (C=O) groups is 2. The van der Waals surface area contributed by atoms with Crippen LogP contribution >= 0.6 is 0 Å². The summed E-state index contributed by atoms with van der Waals surface area (Å²) in [5.74, 6) is -1.15. The molecule has 1 heterocycles. The summed E-state index contributed by atoms with van der Waals surface area (Å²) in [6.07, 6.45) is 0.350. The maximum absolute atomic E-state index is 12.8. The minimum atomic E-state index is -3.17. The molecule has 9 heteroatoms. The molecule has 1 aromatic carbocycles. The maximum Gasteiger partial charge on any atom is 0.314 e. The van der Waals surface area contributed by atoms with Gasteiger partial charge in [0.15, 0.2) is 9.84 Å². The van der Waals surface area contributed by atoms with E-state index >= 15 is 0 Å². The topological polar surface area (TPSA) is 96.0 Å². The van der Waals surface area contributed by atoms with Crippen LogP contribution in [0.25, 0.3) is 0 Å². The summed E-state index contributed by atoms with van der Waals surface area (Å²) in [7, 11) is 2.01. The van der Waals surface area contributed by atoms with Gasteiger partial charge >= 0.3 is 11.8 Å². The minimum absolute atomic E-state index is 0.0384. The van der Waals surface area contributed by atoms with Gasteiger partial charge in [0.05, 0.1) is 24.3 Å². The second-order valence-corrected chi connectivity index (χ2v) is 9.25. The van der Waals surface area contributed by atoms with Crippen LogP contribution in [0.5, 0.6) is 5.75 Å². The van der Waals surface area contributed by atoms with Crippen molar-refractivity contribution in [1.82, 2.24) is 9.80 Å². The van der Waals surface area contributed by atoms with Gasteiger partial charge in [-0.05, 0) is 45.1 Å². The fraction of sp³-hybridized carbons (Fsp3) is 0.556. The number of aryl methyl sites for hydroxylation is 1. The van der Waals surface area contributed by atoms with Crippen molar-refractivity contribution in [3.8, 4) is 5.75 Å². The molecule has 150 valence electrons. The Morgan fingerprint density at radius 3 is 2.52 bits per heavy atom. The lowest BCUT2D eigenvalue weighted by atomic mass is 10.2. The molecule has 0 radical (unpaired) electrons. The van der Waals surface area contributed by atoms with E-state index in [2.05, 4.69) is 5.32 Å². The SMILES string of the molecule is COc1ccc(C)cc1NC(=O)C(=O)N(CCN(C)C)C1CCS(=O)(=O)C1. The molecule has 1 fully saturated rings. The van der Waals surface area contributed by atoms with Gasteiger partial charge in [-0.2, -0.15) is 0 Å². The second-order valence-electron chi connectivity index (χ2n) is 7.02. The lowest BCUT2D eigenvalue weighted by molar-refractivity contribution is -0.144. The molecular weight excluding hydrogens is 370 g/mol. The van der Waals surface area contributed by atoms with Crippen LogP contribution in [0.3, 0.4) is 0 Å². The number of sulfone groups is 1. The summed E-state index contributed by atoms with van der Waals surface area (Å²) in [5, 5.41) is 2.60. The zero-order chi connectivity index (χ0) is 20.2. The van der Waals surface area contributed by atoms with Gasteiger partial charge in [0.2, 0.25) is 0 Å². The van der Waals surface area contributed by atoms with E-state index in [-0.39, 0.29) is 18.1 Å². The highest BCUT2D eigenvalue weighted by molar-refractivity contribution is 7.91. The molecule has 1 atom stereocenters. The second kappa shape index (κ2) is 8.71. The van der Waals surface area contributed by atoms with Crippen LogP contribution in [-0.2, 0) is 19.4 Å². The zero-order valence-corrected chi connectivity index (χ0v) is 17.0. The molecule has 2 amide bonds. The highest BCUT2D eigenvalue weighted by Crippen LogP contribution is 2.25. The Labute approximate surface area is 160 Å². The van der Waals surface area contributed by atoms with Crippen molar-refractivity contribution < 1.29 is 22.7 Å². The fourth-order valence-electron chi connectivity index (χ4n) is 3.00. The number of ether oxygens (including phenoxy) is 1. The van der Waals surface area contributed by atoms with E-state index in [0.29, 0.717) is 24.4 Å². The number of nitrogens with zero attached hydrogens (tertiary/aromatic N) is 2. The first-order valence-electron chi connectivity index (χ1n) is 8.74. The first-order valence-corrected chi connectivity index (χ1v) is 10.6. The third-order valence-corrected chi connectivity index (χ3v) is 6.25. The number of nitrogens with one attached hydrogen (secondary N) is 1. The number of hydrogen-bond donors (Lipinski definition) is 1. The molecule has 1 saturated heterocycles. The largest absolute Gasteiger partial charge is 0.495 e. The average molecular weight is 397 g/mol. The highest BCUT2D eigenvalue weighted by Gasteiger charge is 2.36. The highest BCUT2D eigenvalue weighted by atomic mass is 32.2. The van der Waals surface area contributed by atoms with Crippen molar-refractivity contribution in [1.29, 1.82) is 0 Å². The van der Waals surface area contributed by atoms with Crippen molar-refractivity contribution in [2.75, 3.05) is 51.1 Å². The fourth-order valence-corrected chi connectivity index (χ4v) is 4.74. The third kappa shape index (κ3) is 5.67. The summed E-state index contributed by atoms with van der Waals surface area (Å²) < 4.78 is 28.9. The molecular formula is C18H27N3O5S. The molecule has 2 rings (SSSR count). The summed E-state index contributed by atoms with van der Waals surface area (Å²) in [5.41, 5.74) is 1.31. The van der Waals surface area contributed by atoms with Crippen LogP contribution in [-0.4, -0.2) is 81.9 Å². The number of anilines is 1. The van der Waals surface area contributed by atoms with E-state index < -0.39 is 27.7 Å². The van der Waals surface area contributed by atoms with Gasteiger partial charge in [0, 0.05) is 19.1 Å². The Morgan fingerprint density at radius 2 is 1.96 bits per heavy atom.